The van der Waals surface area contributed by atoms with E-state index in [-0.39, 0.29) is 0 Å². The van der Waals surface area contributed by atoms with E-state index < -0.39 is 0 Å². The van der Waals surface area contributed by atoms with Crippen LogP contribution < -0.4 is 5.32 Å². The Morgan fingerprint density at radius 3 is 2.79 bits per heavy atom. The summed E-state index contributed by atoms with van der Waals surface area (Å²) < 4.78 is 3.34. The van der Waals surface area contributed by atoms with Crippen LogP contribution in [-0.2, 0) is 13.6 Å². The second kappa shape index (κ2) is 5.23. The fourth-order valence-electron chi connectivity index (χ4n) is 2.69. The van der Waals surface area contributed by atoms with Crippen LogP contribution in [0.15, 0.2) is 16.6 Å². The molecular formula is C14H19BrN4. The van der Waals surface area contributed by atoms with Gasteiger partial charge < -0.3 is 9.88 Å². The first-order valence-corrected chi connectivity index (χ1v) is 7.49. The summed E-state index contributed by atoms with van der Waals surface area (Å²) in [6.07, 6.45) is 0. The summed E-state index contributed by atoms with van der Waals surface area (Å²) >= 11 is 3.65. The molecule has 102 valence electrons. The molecule has 19 heavy (non-hydrogen) atoms. The van der Waals surface area contributed by atoms with E-state index in [4.69, 9.17) is 4.98 Å². The lowest BCUT2D eigenvalue weighted by molar-refractivity contribution is 0.226. The molecule has 4 nitrogen and oxygen atoms in total. The quantitative estimate of drug-likeness (QED) is 0.918. The SMILES string of the molecule is Cc1cc(Br)c2c(c1)nc(CN1CCNCC1)n2C. The number of hydrogen-bond acceptors (Lipinski definition) is 3. The van der Waals surface area contributed by atoms with Gasteiger partial charge in [-0.15, -0.1) is 0 Å². The molecule has 0 atom stereocenters. The molecule has 3 rings (SSSR count). The van der Waals surface area contributed by atoms with E-state index in [2.05, 4.69) is 56.8 Å². The van der Waals surface area contributed by atoms with Crippen molar-refractivity contribution >= 4 is 27.0 Å². The number of piperazine rings is 1. The van der Waals surface area contributed by atoms with Gasteiger partial charge in [-0.05, 0) is 40.5 Å². The minimum atomic E-state index is 0.929. The Kier molecular flexibility index (Phi) is 3.60. The first-order valence-electron chi connectivity index (χ1n) is 6.69. The van der Waals surface area contributed by atoms with Crippen molar-refractivity contribution in [1.29, 1.82) is 0 Å². The summed E-state index contributed by atoms with van der Waals surface area (Å²) in [5, 5.41) is 3.38. The zero-order chi connectivity index (χ0) is 13.4. The maximum absolute atomic E-state index is 4.80. The van der Waals surface area contributed by atoms with Gasteiger partial charge in [0.25, 0.3) is 0 Å². The Morgan fingerprint density at radius 2 is 2.05 bits per heavy atom. The maximum atomic E-state index is 4.80. The lowest BCUT2D eigenvalue weighted by Gasteiger charge is -2.26. The van der Waals surface area contributed by atoms with Crippen molar-refractivity contribution < 1.29 is 0 Å². The second-order valence-electron chi connectivity index (χ2n) is 5.23. The average Bonchev–Trinajstić information content (AvgIpc) is 2.67. The molecule has 5 heteroatoms. The van der Waals surface area contributed by atoms with E-state index in [1.807, 2.05) is 0 Å². The third-order valence-electron chi connectivity index (χ3n) is 3.73. The number of halogens is 1. The van der Waals surface area contributed by atoms with Crippen molar-refractivity contribution in [2.24, 2.45) is 7.05 Å². The Bertz CT molecular complexity index is 599. The van der Waals surface area contributed by atoms with Gasteiger partial charge >= 0.3 is 0 Å². The van der Waals surface area contributed by atoms with Crippen LogP contribution in [0, 0.1) is 6.92 Å². The maximum Gasteiger partial charge on any atom is 0.123 e. The molecule has 0 aliphatic carbocycles. The Balaban J connectivity index is 1.95. The molecule has 0 saturated carbocycles. The second-order valence-corrected chi connectivity index (χ2v) is 6.08. The molecule has 1 aromatic carbocycles. The summed E-state index contributed by atoms with van der Waals surface area (Å²) in [6.45, 7) is 7.39. The van der Waals surface area contributed by atoms with Crippen molar-refractivity contribution in [3.05, 3.63) is 28.0 Å². The van der Waals surface area contributed by atoms with Gasteiger partial charge in [-0.25, -0.2) is 4.98 Å². The van der Waals surface area contributed by atoms with Gasteiger partial charge in [0.05, 0.1) is 17.6 Å². The van der Waals surface area contributed by atoms with E-state index in [0.29, 0.717) is 0 Å². The van der Waals surface area contributed by atoms with Crippen molar-refractivity contribution in [3.63, 3.8) is 0 Å². The van der Waals surface area contributed by atoms with E-state index in [1.54, 1.807) is 0 Å². The van der Waals surface area contributed by atoms with E-state index in [9.17, 15) is 0 Å². The zero-order valence-electron chi connectivity index (χ0n) is 11.4. The first kappa shape index (κ1) is 13.1. The standard InChI is InChI=1S/C14H19BrN4/c1-10-7-11(15)14-12(8-10)17-13(18(14)2)9-19-5-3-16-4-6-19/h7-8,16H,3-6,9H2,1-2H3. The number of nitrogens with zero attached hydrogens (tertiary/aromatic N) is 3. The highest BCUT2D eigenvalue weighted by Gasteiger charge is 2.15. The third-order valence-corrected chi connectivity index (χ3v) is 4.34. The smallest absolute Gasteiger partial charge is 0.123 e. The van der Waals surface area contributed by atoms with Crippen LogP contribution in [-0.4, -0.2) is 40.6 Å². The molecule has 1 saturated heterocycles. The number of fused-ring (bicyclic) bond motifs is 1. The monoisotopic (exact) mass is 322 g/mol. The molecule has 1 N–H and O–H groups in total. The highest BCUT2D eigenvalue weighted by Crippen LogP contribution is 2.26. The molecule has 1 aromatic heterocycles. The fraction of sp³-hybridized carbons (Fsp3) is 0.500. The number of benzene rings is 1. The van der Waals surface area contributed by atoms with E-state index in [0.717, 1.165) is 48.5 Å². The average molecular weight is 323 g/mol. The third kappa shape index (κ3) is 2.55. The Hall–Kier alpha value is -0.910. The molecule has 0 bridgehead atoms. The van der Waals surface area contributed by atoms with Gasteiger partial charge in [0.1, 0.15) is 5.82 Å². The molecule has 1 fully saturated rings. The molecule has 0 amide bonds. The predicted octanol–water partition coefficient (Wildman–Crippen LogP) is 2.05. The van der Waals surface area contributed by atoms with Crippen LogP contribution in [0.5, 0.6) is 0 Å². The summed E-state index contributed by atoms with van der Waals surface area (Å²) in [6, 6.07) is 4.31. The van der Waals surface area contributed by atoms with Crippen LogP contribution in [0.25, 0.3) is 11.0 Å². The van der Waals surface area contributed by atoms with Crippen LogP contribution in [0.2, 0.25) is 0 Å². The van der Waals surface area contributed by atoms with E-state index >= 15 is 0 Å². The topological polar surface area (TPSA) is 33.1 Å². The molecule has 0 radical (unpaired) electrons. The molecule has 1 aliphatic rings. The molecule has 0 spiro atoms. The van der Waals surface area contributed by atoms with Crippen LogP contribution in [0.1, 0.15) is 11.4 Å². The van der Waals surface area contributed by atoms with Gasteiger partial charge in [0.15, 0.2) is 0 Å². The summed E-state index contributed by atoms with van der Waals surface area (Å²) in [5.74, 6) is 1.14. The van der Waals surface area contributed by atoms with Crippen LogP contribution >= 0.6 is 15.9 Å². The molecular weight excluding hydrogens is 304 g/mol. The number of nitrogens with one attached hydrogen (secondary N) is 1. The van der Waals surface area contributed by atoms with Gasteiger partial charge in [-0.3, -0.25) is 4.90 Å². The predicted molar refractivity (Wildman–Crippen MR) is 81.3 cm³/mol. The van der Waals surface area contributed by atoms with Crippen LogP contribution in [0.3, 0.4) is 0 Å². The van der Waals surface area contributed by atoms with Gasteiger partial charge in [-0.1, -0.05) is 0 Å². The van der Waals surface area contributed by atoms with Crippen molar-refractivity contribution in [2.75, 3.05) is 26.2 Å². The lowest BCUT2D eigenvalue weighted by atomic mass is 10.2. The summed E-state index contributed by atoms with van der Waals surface area (Å²) in [5.41, 5.74) is 3.52. The number of imidazole rings is 1. The fourth-order valence-corrected chi connectivity index (χ4v) is 3.52. The number of rotatable bonds is 2. The summed E-state index contributed by atoms with van der Waals surface area (Å²) in [7, 11) is 2.10. The highest BCUT2D eigenvalue weighted by molar-refractivity contribution is 9.10. The van der Waals surface area contributed by atoms with Crippen LogP contribution in [0.4, 0.5) is 0 Å². The minimum Gasteiger partial charge on any atom is -0.329 e. The lowest BCUT2D eigenvalue weighted by Crippen LogP contribution is -2.43. The van der Waals surface area contributed by atoms with Crippen molar-refractivity contribution in [3.8, 4) is 0 Å². The zero-order valence-corrected chi connectivity index (χ0v) is 13.0. The first-order chi connectivity index (χ1) is 9.15. The van der Waals surface area contributed by atoms with Gasteiger partial charge in [0, 0.05) is 37.7 Å². The van der Waals surface area contributed by atoms with E-state index in [1.165, 1.54) is 11.1 Å². The Labute approximate surface area is 121 Å². The molecule has 2 aromatic rings. The van der Waals surface area contributed by atoms with Crippen molar-refractivity contribution in [1.82, 2.24) is 19.8 Å². The van der Waals surface area contributed by atoms with Crippen molar-refractivity contribution in [2.45, 2.75) is 13.5 Å². The molecule has 1 aliphatic heterocycles. The molecule has 0 unspecified atom stereocenters. The molecule has 2 heterocycles. The largest absolute Gasteiger partial charge is 0.329 e. The van der Waals surface area contributed by atoms with Gasteiger partial charge in [0.2, 0.25) is 0 Å². The number of aromatic nitrogens is 2. The Morgan fingerprint density at radius 1 is 1.32 bits per heavy atom. The summed E-state index contributed by atoms with van der Waals surface area (Å²) in [4.78, 5) is 7.26. The highest BCUT2D eigenvalue weighted by atomic mass is 79.9. The number of hydrogen-bond donors (Lipinski definition) is 1. The minimum absolute atomic E-state index is 0.929. The van der Waals surface area contributed by atoms with Gasteiger partial charge in [-0.2, -0.15) is 0 Å². The normalized spacial score (nSPS) is 17.2. The number of aryl methyl sites for hydroxylation is 2.